The maximum absolute atomic E-state index is 9.71. The molecule has 2 nitrogen and oxygen atoms in total. The molecule has 0 fully saturated rings. The number of rotatable bonds is 10. The first kappa shape index (κ1) is 33.1. The van der Waals surface area contributed by atoms with Crippen LogP contribution in [0.5, 0.6) is 0 Å². The molecule has 0 aliphatic rings. The molecule has 0 saturated carbocycles. The molecule has 0 heterocycles. The smallest absolute Gasteiger partial charge is 0.542 e. The zero-order valence-corrected chi connectivity index (χ0v) is 19.9. The van der Waals surface area contributed by atoms with E-state index in [1.54, 1.807) is 0 Å². The number of carbonyl (C=O) groups excluding carboxylic acids is 2. The van der Waals surface area contributed by atoms with Crippen molar-refractivity contribution < 1.29 is 68.7 Å². The van der Waals surface area contributed by atoms with Crippen LogP contribution in [0.3, 0.4) is 0 Å². The monoisotopic (exact) mass is 295 g/mol. The normalized spacial score (nSPS) is 7.68. The second-order valence-electron chi connectivity index (χ2n) is 3.91. The predicted octanol–water partition coefficient (Wildman–Crippen LogP) is -2.24. The standard InChI is InChI=1S/C8H15O.C6H11O.3Na/c1-2-3-4-5-6-7-8-9;1-2-3-4-5-6-7;;;/h2-7H2,1H3;2-5H2,1H3;;;/q2*-1;;2*+1. The van der Waals surface area contributed by atoms with Gasteiger partial charge in [-0.05, 0) is 0 Å². The van der Waals surface area contributed by atoms with Gasteiger partial charge in [-0.25, -0.2) is 0 Å². The van der Waals surface area contributed by atoms with Gasteiger partial charge < -0.3 is 9.59 Å². The molecule has 97 valence electrons. The maximum atomic E-state index is 9.71. The van der Waals surface area contributed by atoms with Gasteiger partial charge in [0.2, 0.25) is 0 Å². The van der Waals surface area contributed by atoms with Gasteiger partial charge in [-0.3, -0.25) is 12.6 Å². The summed E-state index contributed by atoms with van der Waals surface area (Å²) in [5.41, 5.74) is 0. The molecule has 1 radical (unpaired) electrons. The van der Waals surface area contributed by atoms with E-state index in [-0.39, 0.29) is 88.7 Å². The fraction of sp³-hybridized carbons (Fsp3) is 0.857. The van der Waals surface area contributed by atoms with Crippen LogP contribution in [0.4, 0.5) is 0 Å². The molecule has 0 atom stereocenters. The largest absolute Gasteiger partial charge is 1.00 e. The molecule has 0 aliphatic heterocycles. The summed E-state index contributed by atoms with van der Waals surface area (Å²) >= 11 is 0. The van der Waals surface area contributed by atoms with Gasteiger partial charge >= 0.3 is 59.1 Å². The zero-order valence-electron chi connectivity index (χ0n) is 13.9. The van der Waals surface area contributed by atoms with E-state index in [0.717, 1.165) is 19.3 Å². The van der Waals surface area contributed by atoms with Gasteiger partial charge in [-0.15, -0.1) is 0 Å². The minimum absolute atomic E-state index is 0. The Morgan fingerprint density at radius 2 is 0.947 bits per heavy atom. The number of hydrogen-bond donors (Lipinski definition) is 0. The second kappa shape index (κ2) is 37.0. The van der Waals surface area contributed by atoms with Crippen LogP contribution in [-0.4, -0.2) is 42.1 Å². The van der Waals surface area contributed by atoms with Crippen LogP contribution in [-0.2, 0) is 9.59 Å². The van der Waals surface area contributed by atoms with Crippen molar-refractivity contribution >= 4 is 42.1 Å². The Labute approximate surface area is 186 Å². The van der Waals surface area contributed by atoms with E-state index in [4.69, 9.17) is 0 Å². The molecular weight excluding hydrogens is 269 g/mol. The van der Waals surface area contributed by atoms with Crippen LogP contribution in [0.2, 0.25) is 0 Å². The topological polar surface area (TPSA) is 34.1 Å². The fourth-order valence-electron chi connectivity index (χ4n) is 1.25. The Balaban J connectivity index is -0.0000000607. The van der Waals surface area contributed by atoms with Crippen molar-refractivity contribution in [1.29, 1.82) is 0 Å². The van der Waals surface area contributed by atoms with Crippen molar-refractivity contribution in [1.82, 2.24) is 0 Å². The van der Waals surface area contributed by atoms with Gasteiger partial charge in [-0.1, -0.05) is 65.2 Å². The van der Waals surface area contributed by atoms with Crippen molar-refractivity contribution in [3.05, 3.63) is 0 Å². The van der Waals surface area contributed by atoms with Crippen molar-refractivity contribution in [2.45, 2.75) is 78.1 Å². The third kappa shape index (κ3) is 44.9. The molecule has 0 aliphatic carbocycles. The Hall–Kier alpha value is 2.34. The van der Waals surface area contributed by atoms with Gasteiger partial charge in [0.25, 0.3) is 0 Å². The van der Waals surface area contributed by atoms with Gasteiger partial charge in [-0.2, -0.15) is 12.8 Å². The van der Waals surface area contributed by atoms with Gasteiger partial charge in [0.05, 0.1) is 0 Å². The third-order valence-electron chi connectivity index (χ3n) is 2.26. The van der Waals surface area contributed by atoms with Gasteiger partial charge in [0.15, 0.2) is 0 Å². The molecule has 0 aromatic carbocycles. The second-order valence-corrected chi connectivity index (χ2v) is 3.91. The quantitative estimate of drug-likeness (QED) is 0.259. The van der Waals surface area contributed by atoms with Crippen molar-refractivity contribution in [2.75, 3.05) is 0 Å². The first-order valence-corrected chi connectivity index (χ1v) is 6.53. The van der Waals surface area contributed by atoms with Crippen LogP contribution >= 0.6 is 0 Å². The number of unbranched alkanes of at least 4 members (excludes halogenated alkanes) is 8. The van der Waals surface area contributed by atoms with E-state index in [1.165, 1.54) is 32.1 Å². The predicted molar refractivity (Wildman–Crippen MR) is 74.7 cm³/mol. The van der Waals surface area contributed by atoms with Crippen molar-refractivity contribution in [3.63, 3.8) is 0 Å². The Kier molecular flexibility index (Phi) is 64.4. The van der Waals surface area contributed by atoms with Crippen LogP contribution < -0.4 is 59.1 Å². The number of hydrogen-bond acceptors (Lipinski definition) is 2. The maximum Gasteiger partial charge on any atom is 1.00 e. The molecule has 19 heavy (non-hydrogen) atoms. The molecule has 0 spiro atoms. The zero-order chi connectivity index (χ0) is 12.5. The molecular formula is C14H26Na3O2. The summed E-state index contributed by atoms with van der Waals surface area (Å²) in [6, 6.07) is 0. The van der Waals surface area contributed by atoms with E-state index in [1.807, 2.05) is 12.6 Å². The van der Waals surface area contributed by atoms with Crippen LogP contribution in [0, 0.1) is 0 Å². The molecule has 0 rings (SSSR count). The van der Waals surface area contributed by atoms with E-state index >= 15 is 0 Å². The van der Waals surface area contributed by atoms with Gasteiger partial charge in [0, 0.05) is 29.6 Å². The first-order chi connectivity index (χ1) is 7.83. The summed E-state index contributed by atoms with van der Waals surface area (Å²) in [6.07, 6.45) is 14.4. The Morgan fingerprint density at radius 1 is 0.632 bits per heavy atom. The summed E-state index contributed by atoms with van der Waals surface area (Å²) in [4.78, 5) is 19.3. The van der Waals surface area contributed by atoms with Crippen LogP contribution in [0.1, 0.15) is 78.1 Å². The molecule has 0 amide bonds. The molecule has 5 heteroatoms. The first-order valence-electron chi connectivity index (χ1n) is 6.53. The minimum Gasteiger partial charge on any atom is -0.542 e. The Morgan fingerprint density at radius 3 is 1.32 bits per heavy atom. The molecule has 0 bridgehead atoms. The fourth-order valence-corrected chi connectivity index (χ4v) is 1.25. The van der Waals surface area contributed by atoms with E-state index in [2.05, 4.69) is 13.8 Å². The summed E-state index contributed by atoms with van der Waals surface area (Å²) in [7, 11) is 0. The van der Waals surface area contributed by atoms with Crippen molar-refractivity contribution in [3.8, 4) is 0 Å². The summed E-state index contributed by atoms with van der Waals surface area (Å²) in [5.74, 6) is 0. The van der Waals surface area contributed by atoms with Gasteiger partial charge in [0.1, 0.15) is 0 Å². The summed E-state index contributed by atoms with van der Waals surface area (Å²) in [6.45, 7) is 4.30. The van der Waals surface area contributed by atoms with Crippen molar-refractivity contribution in [2.24, 2.45) is 0 Å². The molecule has 0 aromatic heterocycles. The summed E-state index contributed by atoms with van der Waals surface area (Å²) < 4.78 is 0. The average molecular weight is 295 g/mol. The van der Waals surface area contributed by atoms with E-state index in [9.17, 15) is 9.59 Å². The van der Waals surface area contributed by atoms with Crippen LogP contribution in [0.15, 0.2) is 0 Å². The van der Waals surface area contributed by atoms with Crippen LogP contribution in [0.25, 0.3) is 0 Å². The molecule has 0 aromatic rings. The molecule has 0 unspecified atom stereocenters. The average Bonchev–Trinajstić information content (AvgIpc) is 2.31. The summed E-state index contributed by atoms with van der Waals surface area (Å²) in [5, 5.41) is 0. The molecule has 0 N–H and O–H groups in total. The Bertz CT molecular complexity index is 145. The van der Waals surface area contributed by atoms with E-state index in [0.29, 0.717) is 12.8 Å². The minimum atomic E-state index is 0. The SMILES string of the molecule is CCCCCCC[C-]=O.CCCCC[C-]=O.[Na+].[Na+].[Na]. The van der Waals surface area contributed by atoms with E-state index < -0.39 is 0 Å². The molecule has 0 saturated heterocycles. The third-order valence-corrected chi connectivity index (χ3v) is 2.26.